The summed E-state index contributed by atoms with van der Waals surface area (Å²) in [5.41, 5.74) is 2.02. The summed E-state index contributed by atoms with van der Waals surface area (Å²) in [4.78, 5) is 8.38. The SMILES string of the molecule is CN=C(NCc1ncc(-c2ccccc2)o1)NCc1cc(F)ccc1CS(C)(=O)=O.I. The van der Waals surface area contributed by atoms with Crippen molar-refractivity contribution in [2.75, 3.05) is 13.3 Å². The van der Waals surface area contributed by atoms with E-state index in [0.29, 0.717) is 35.3 Å². The quantitative estimate of drug-likeness (QED) is 0.262. The molecule has 3 aromatic rings. The third-order valence-corrected chi connectivity index (χ3v) is 5.11. The molecule has 10 heteroatoms. The monoisotopic (exact) mass is 558 g/mol. The fourth-order valence-corrected chi connectivity index (χ4v) is 3.72. The number of nitrogens with zero attached hydrogens (tertiary/aromatic N) is 2. The molecule has 0 radical (unpaired) electrons. The molecule has 1 aromatic heterocycles. The van der Waals surface area contributed by atoms with Gasteiger partial charge in [-0.2, -0.15) is 0 Å². The summed E-state index contributed by atoms with van der Waals surface area (Å²) in [5.74, 6) is 1.01. The second kappa shape index (κ2) is 11.2. The Morgan fingerprint density at radius 2 is 1.81 bits per heavy atom. The lowest BCUT2D eigenvalue weighted by atomic mass is 10.1. The van der Waals surface area contributed by atoms with Gasteiger partial charge in [0.15, 0.2) is 21.6 Å². The zero-order chi connectivity index (χ0) is 21.6. The molecule has 2 N–H and O–H groups in total. The average Bonchev–Trinajstić information content (AvgIpc) is 3.19. The molecule has 0 unspecified atom stereocenters. The lowest BCUT2D eigenvalue weighted by Gasteiger charge is -2.13. The van der Waals surface area contributed by atoms with E-state index < -0.39 is 15.7 Å². The van der Waals surface area contributed by atoms with Crippen molar-refractivity contribution in [1.29, 1.82) is 0 Å². The van der Waals surface area contributed by atoms with Gasteiger partial charge in [0.1, 0.15) is 5.82 Å². The summed E-state index contributed by atoms with van der Waals surface area (Å²) in [7, 11) is -1.64. The Morgan fingerprint density at radius 3 is 2.48 bits per heavy atom. The molecule has 0 bridgehead atoms. The molecule has 1 heterocycles. The number of oxazole rings is 1. The van der Waals surface area contributed by atoms with Crippen molar-refractivity contribution >= 4 is 39.8 Å². The van der Waals surface area contributed by atoms with Crippen LogP contribution in [0, 0.1) is 5.82 Å². The molecule has 31 heavy (non-hydrogen) atoms. The standard InChI is InChI=1S/C21H23FN4O3S.HI/c1-23-21(25-11-17-10-18(22)9-8-16(17)14-30(2,27)28)26-13-20-24-12-19(29-20)15-6-4-3-5-7-15;/h3-10,12H,11,13-14H2,1-2H3,(H2,23,25,26);1H. The molecule has 0 spiro atoms. The van der Waals surface area contributed by atoms with Crippen LogP contribution >= 0.6 is 24.0 Å². The Morgan fingerprint density at radius 1 is 1.10 bits per heavy atom. The number of guanidine groups is 1. The highest BCUT2D eigenvalue weighted by Crippen LogP contribution is 2.19. The van der Waals surface area contributed by atoms with Crippen LogP contribution in [0.25, 0.3) is 11.3 Å². The summed E-state index contributed by atoms with van der Waals surface area (Å²) >= 11 is 0. The van der Waals surface area contributed by atoms with Crippen LogP contribution in [0.1, 0.15) is 17.0 Å². The summed E-state index contributed by atoms with van der Waals surface area (Å²) in [6, 6.07) is 13.7. The zero-order valence-electron chi connectivity index (χ0n) is 17.1. The number of hydrogen-bond acceptors (Lipinski definition) is 5. The second-order valence-electron chi connectivity index (χ2n) is 6.75. The van der Waals surface area contributed by atoms with Crippen LogP contribution in [-0.2, 0) is 28.7 Å². The maximum Gasteiger partial charge on any atom is 0.214 e. The van der Waals surface area contributed by atoms with Crippen LogP contribution in [0.2, 0.25) is 0 Å². The van der Waals surface area contributed by atoms with Crippen LogP contribution in [0.5, 0.6) is 0 Å². The highest BCUT2D eigenvalue weighted by atomic mass is 127. The first-order valence-electron chi connectivity index (χ1n) is 9.24. The van der Waals surface area contributed by atoms with Gasteiger partial charge >= 0.3 is 0 Å². The summed E-state index contributed by atoms with van der Waals surface area (Å²) in [5, 5.41) is 6.13. The normalized spacial score (nSPS) is 11.6. The predicted molar refractivity (Wildman–Crippen MR) is 129 cm³/mol. The van der Waals surface area contributed by atoms with E-state index in [1.54, 1.807) is 13.2 Å². The lowest BCUT2D eigenvalue weighted by molar-refractivity contribution is 0.497. The Labute approximate surface area is 198 Å². The van der Waals surface area contributed by atoms with E-state index in [-0.39, 0.29) is 36.3 Å². The van der Waals surface area contributed by atoms with Crippen molar-refractivity contribution in [3.63, 3.8) is 0 Å². The largest absolute Gasteiger partial charge is 0.439 e. The maximum absolute atomic E-state index is 13.7. The molecule has 0 saturated heterocycles. The molecule has 7 nitrogen and oxygen atoms in total. The number of aromatic nitrogens is 1. The minimum Gasteiger partial charge on any atom is -0.439 e. The topological polar surface area (TPSA) is 96.6 Å². The first kappa shape index (κ1) is 24.8. The van der Waals surface area contributed by atoms with Gasteiger partial charge in [0.2, 0.25) is 5.89 Å². The van der Waals surface area contributed by atoms with Crippen LogP contribution in [-0.4, -0.2) is 32.7 Å². The minimum atomic E-state index is -3.24. The van der Waals surface area contributed by atoms with Crippen LogP contribution < -0.4 is 10.6 Å². The molecule has 0 atom stereocenters. The molecule has 0 aliphatic heterocycles. The van der Waals surface area contributed by atoms with E-state index in [9.17, 15) is 12.8 Å². The highest BCUT2D eigenvalue weighted by molar-refractivity contribution is 14.0. The van der Waals surface area contributed by atoms with Crippen molar-refractivity contribution in [1.82, 2.24) is 15.6 Å². The number of rotatable bonds is 7. The third-order valence-electron chi connectivity index (χ3n) is 4.27. The van der Waals surface area contributed by atoms with Crippen molar-refractivity contribution in [3.05, 3.63) is 77.6 Å². The first-order valence-corrected chi connectivity index (χ1v) is 11.3. The molecule has 0 aliphatic carbocycles. The molecule has 166 valence electrons. The maximum atomic E-state index is 13.7. The van der Waals surface area contributed by atoms with Gasteiger partial charge in [-0.1, -0.05) is 36.4 Å². The van der Waals surface area contributed by atoms with Crippen LogP contribution in [0.4, 0.5) is 4.39 Å². The van der Waals surface area contributed by atoms with E-state index in [0.717, 1.165) is 11.8 Å². The lowest BCUT2D eigenvalue weighted by Crippen LogP contribution is -2.36. The minimum absolute atomic E-state index is 0. The molecule has 2 aromatic carbocycles. The molecular weight excluding hydrogens is 534 g/mol. The number of aliphatic imine (C=N–C) groups is 1. The Kier molecular flexibility index (Phi) is 8.99. The fraction of sp³-hybridized carbons (Fsp3) is 0.238. The number of nitrogens with one attached hydrogen (secondary N) is 2. The van der Waals surface area contributed by atoms with E-state index >= 15 is 0 Å². The van der Waals surface area contributed by atoms with E-state index in [1.807, 2.05) is 30.3 Å². The summed E-state index contributed by atoms with van der Waals surface area (Å²) in [6.07, 6.45) is 2.81. The van der Waals surface area contributed by atoms with E-state index in [2.05, 4.69) is 20.6 Å². The highest BCUT2D eigenvalue weighted by Gasteiger charge is 2.12. The van der Waals surface area contributed by atoms with Gasteiger partial charge in [-0.05, 0) is 23.3 Å². The Bertz CT molecular complexity index is 1130. The Hall–Kier alpha value is -2.47. The molecular formula is C21H24FIN4O3S. The van der Waals surface area contributed by atoms with Crippen molar-refractivity contribution in [3.8, 4) is 11.3 Å². The summed E-state index contributed by atoms with van der Waals surface area (Å²) < 4.78 is 42.7. The molecule has 0 amide bonds. The number of halogens is 2. The van der Waals surface area contributed by atoms with Gasteiger partial charge in [-0.3, -0.25) is 4.99 Å². The molecule has 3 rings (SSSR count). The number of benzene rings is 2. The van der Waals surface area contributed by atoms with Gasteiger partial charge in [-0.15, -0.1) is 24.0 Å². The van der Waals surface area contributed by atoms with E-state index in [4.69, 9.17) is 4.42 Å². The average molecular weight is 558 g/mol. The predicted octanol–water partition coefficient (Wildman–Crippen LogP) is 3.51. The Balaban J connectivity index is 0.00000341. The third kappa shape index (κ3) is 7.62. The number of sulfone groups is 1. The van der Waals surface area contributed by atoms with Gasteiger partial charge in [0.25, 0.3) is 0 Å². The molecule has 0 fully saturated rings. The second-order valence-corrected chi connectivity index (χ2v) is 8.89. The number of hydrogen-bond donors (Lipinski definition) is 2. The first-order chi connectivity index (χ1) is 14.3. The van der Waals surface area contributed by atoms with E-state index in [1.165, 1.54) is 18.2 Å². The van der Waals surface area contributed by atoms with Crippen molar-refractivity contribution in [2.24, 2.45) is 4.99 Å². The van der Waals surface area contributed by atoms with Crippen LogP contribution in [0.3, 0.4) is 0 Å². The zero-order valence-corrected chi connectivity index (χ0v) is 20.3. The van der Waals surface area contributed by atoms with Crippen LogP contribution in [0.15, 0.2) is 64.1 Å². The van der Waals surface area contributed by atoms with Gasteiger partial charge in [0.05, 0.1) is 18.5 Å². The molecule has 0 aliphatic rings. The van der Waals surface area contributed by atoms with Crippen molar-refractivity contribution < 1.29 is 17.2 Å². The molecule has 0 saturated carbocycles. The van der Waals surface area contributed by atoms with Gasteiger partial charge < -0.3 is 15.1 Å². The van der Waals surface area contributed by atoms with Gasteiger partial charge in [-0.25, -0.2) is 17.8 Å². The smallest absolute Gasteiger partial charge is 0.214 e. The van der Waals surface area contributed by atoms with Crippen molar-refractivity contribution in [2.45, 2.75) is 18.8 Å². The van der Waals surface area contributed by atoms with Gasteiger partial charge in [0, 0.05) is 25.4 Å². The summed E-state index contributed by atoms with van der Waals surface area (Å²) in [6.45, 7) is 0.509. The fourth-order valence-electron chi connectivity index (χ4n) is 2.87.